The monoisotopic (exact) mass is 426 g/mol. The van der Waals surface area contributed by atoms with Crippen LogP contribution in [0.4, 0.5) is 0 Å². The second-order valence-electron chi connectivity index (χ2n) is 7.74. The average molecular weight is 427 g/mol. The summed E-state index contributed by atoms with van der Waals surface area (Å²) in [7, 11) is 0.786. The Morgan fingerprint density at radius 1 is 1.07 bits per heavy atom. The first kappa shape index (κ1) is 21.9. The van der Waals surface area contributed by atoms with Crippen molar-refractivity contribution in [3.8, 4) is 11.5 Å². The number of amides is 1. The average Bonchev–Trinajstić information content (AvgIpc) is 2.71. The predicted molar refractivity (Wildman–Crippen MR) is 108 cm³/mol. The molecule has 0 saturated carbocycles. The number of carbonyl (C=O) groups is 1. The summed E-state index contributed by atoms with van der Waals surface area (Å²) in [6.07, 6.45) is 0.919. The standard InChI is InChI=1S/C20H30N2O6S/c1-13(2)22-18(19(28-5)20(22)23)14-8-10-21(11-9-14)29(24,25)17-12-15(26-3)6-7-16(17)27-4/h6-7,12-14,18-19H,8-11H2,1-5H3/t18-,19+/m0/s1. The van der Waals surface area contributed by atoms with E-state index in [1.165, 1.54) is 24.6 Å². The summed E-state index contributed by atoms with van der Waals surface area (Å²) in [4.78, 5) is 14.3. The van der Waals surface area contributed by atoms with Gasteiger partial charge in [-0.25, -0.2) is 8.42 Å². The van der Waals surface area contributed by atoms with Gasteiger partial charge in [-0.05, 0) is 44.7 Å². The van der Waals surface area contributed by atoms with Crippen molar-refractivity contribution in [2.45, 2.75) is 49.8 Å². The van der Waals surface area contributed by atoms with Crippen molar-refractivity contribution < 1.29 is 27.4 Å². The molecule has 0 radical (unpaired) electrons. The van der Waals surface area contributed by atoms with Crippen LogP contribution >= 0.6 is 0 Å². The number of ether oxygens (including phenoxy) is 3. The molecule has 0 aromatic heterocycles. The van der Waals surface area contributed by atoms with Gasteiger partial charge in [-0.15, -0.1) is 0 Å². The van der Waals surface area contributed by atoms with Gasteiger partial charge in [0, 0.05) is 32.3 Å². The second-order valence-corrected chi connectivity index (χ2v) is 9.65. The fourth-order valence-corrected chi connectivity index (χ4v) is 6.04. The molecule has 8 nitrogen and oxygen atoms in total. The van der Waals surface area contributed by atoms with E-state index < -0.39 is 16.1 Å². The Balaban J connectivity index is 1.76. The summed E-state index contributed by atoms with van der Waals surface area (Å²) in [5, 5.41) is 0. The Labute approximate surface area is 172 Å². The van der Waals surface area contributed by atoms with Crippen LogP contribution in [0.25, 0.3) is 0 Å². The number of benzene rings is 1. The molecule has 2 atom stereocenters. The molecule has 2 saturated heterocycles. The zero-order chi connectivity index (χ0) is 21.3. The second kappa shape index (κ2) is 8.49. The van der Waals surface area contributed by atoms with Gasteiger partial charge in [0.1, 0.15) is 16.4 Å². The third-order valence-corrected chi connectivity index (χ3v) is 7.83. The van der Waals surface area contributed by atoms with Crippen LogP contribution in [0, 0.1) is 5.92 Å². The fraction of sp³-hybridized carbons (Fsp3) is 0.650. The predicted octanol–water partition coefficient (Wildman–Crippen LogP) is 1.74. The van der Waals surface area contributed by atoms with Gasteiger partial charge in [-0.1, -0.05) is 0 Å². The molecule has 2 aliphatic rings. The molecule has 29 heavy (non-hydrogen) atoms. The summed E-state index contributed by atoms with van der Waals surface area (Å²) >= 11 is 0. The molecule has 1 aromatic carbocycles. The number of likely N-dealkylation sites (tertiary alicyclic amines) is 1. The van der Waals surface area contributed by atoms with E-state index in [0.717, 1.165) is 0 Å². The number of nitrogens with zero attached hydrogens (tertiary/aromatic N) is 2. The van der Waals surface area contributed by atoms with Crippen LogP contribution in [-0.2, 0) is 19.6 Å². The largest absolute Gasteiger partial charge is 0.497 e. The molecule has 1 aromatic rings. The van der Waals surface area contributed by atoms with Gasteiger partial charge in [-0.2, -0.15) is 4.31 Å². The Bertz CT molecular complexity index is 849. The lowest BCUT2D eigenvalue weighted by Gasteiger charge is -2.53. The van der Waals surface area contributed by atoms with Crippen LogP contribution in [0.15, 0.2) is 23.1 Å². The highest BCUT2D eigenvalue weighted by Crippen LogP contribution is 2.38. The molecule has 2 aliphatic heterocycles. The molecular formula is C20H30N2O6S. The Hall–Kier alpha value is -1.84. The van der Waals surface area contributed by atoms with Gasteiger partial charge in [0.2, 0.25) is 10.0 Å². The number of carbonyl (C=O) groups excluding carboxylic acids is 1. The minimum atomic E-state index is -3.72. The van der Waals surface area contributed by atoms with Crippen LogP contribution in [-0.4, -0.2) is 76.1 Å². The molecule has 0 spiro atoms. The molecule has 0 N–H and O–H groups in total. The van der Waals surface area contributed by atoms with Crippen molar-refractivity contribution in [2.75, 3.05) is 34.4 Å². The summed E-state index contributed by atoms with van der Waals surface area (Å²) in [5.41, 5.74) is 0. The van der Waals surface area contributed by atoms with Crippen molar-refractivity contribution >= 4 is 15.9 Å². The first-order valence-corrected chi connectivity index (χ1v) is 11.3. The minimum absolute atomic E-state index is 0.00343. The number of hydrogen-bond acceptors (Lipinski definition) is 6. The summed E-state index contributed by atoms with van der Waals surface area (Å²) < 4.78 is 43.8. The van der Waals surface area contributed by atoms with Gasteiger partial charge in [0.15, 0.2) is 6.10 Å². The Morgan fingerprint density at radius 2 is 1.72 bits per heavy atom. The summed E-state index contributed by atoms with van der Waals surface area (Å²) in [6.45, 7) is 4.76. The van der Waals surface area contributed by atoms with Gasteiger partial charge in [0.05, 0.1) is 20.3 Å². The highest BCUT2D eigenvalue weighted by Gasteiger charge is 2.53. The lowest BCUT2D eigenvalue weighted by molar-refractivity contribution is -0.181. The van der Waals surface area contributed by atoms with Crippen molar-refractivity contribution in [2.24, 2.45) is 5.92 Å². The van der Waals surface area contributed by atoms with E-state index in [9.17, 15) is 13.2 Å². The smallest absolute Gasteiger partial charge is 0.254 e. The number of hydrogen-bond donors (Lipinski definition) is 0. The fourth-order valence-electron chi connectivity index (χ4n) is 4.40. The molecule has 2 fully saturated rings. The summed E-state index contributed by atoms with van der Waals surface area (Å²) in [5.74, 6) is 0.980. The first-order valence-electron chi connectivity index (χ1n) is 9.83. The SMILES string of the molecule is COc1ccc(OC)c(S(=O)(=O)N2CCC([C@H]3[C@@H](OC)C(=O)N3C(C)C)CC2)c1. The first-order chi connectivity index (χ1) is 13.8. The number of sulfonamides is 1. The zero-order valence-electron chi connectivity index (χ0n) is 17.6. The lowest BCUT2D eigenvalue weighted by atomic mass is 9.79. The van der Waals surface area contributed by atoms with Gasteiger partial charge in [-0.3, -0.25) is 4.79 Å². The molecule has 9 heteroatoms. The number of methoxy groups -OCH3 is 3. The maximum Gasteiger partial charge on any atom is 0.254 e. The van der Waals surface area contributed by atoms with Crippen LogP contribution in [0.5, 0.6) is 11.5 Å². The maximum atomic E-state index is 13.2. The van der Waals surface area contributed by atoms with Crippen LogP contribution in [0.2, 0.25) is 0 Å². The molecule has 2 heterocycles. The van der Waals surface area contributed by atoms with E-state index in [2.05, 4.69) is 0 Å². The zero-order valence-corrected chi connectivity index (χ0v) is 18.4. The topological polar surface area (TPSA) is 85.4 Å². The van der Waals surface area contributed by atoms with Crippen LogP contribution in [0.3, 0.4) is 0 Å². The minimum Gasteiger partial charge on any atom is -0.497 e. The number of rotatable bonds is 7. The van der Waals surface area contributed by atoms with Crippen molar-refractivity contribution in [3.63, 3.8) is 0 Å². The molecule has 0 unspecified atom stereocenters. The highest BCUT2D eigenvalue weighted by atomic mass is 32.2. The van der Waals surface area contributed by atoms with Crippen LogP contribution < -0.4 is 9.47 Å². The van der Waals surface area contributed by atoms with E-state index in [4.69, 9.17) is 14.2 Å². The molecule has 0 aliphatic carbocycles. The number of piperidine rings is 1. The van der Waals surface area contributed by atoms with E-state index in [0.29, 0.717) is 37.4 Å². The van der Waals surface area contributed by atoms with Crippen molar-refractivity contribution in [1.82, 2.24) is 9.21 Å². The Morgan fingerprint density at radius 3 is 2.24 bits per heavy atom. The normalized spacial score (nSPS) is 23.9. The van der Waals surface area contributed by atoms with E-state index >= 15 is 0 Å². The van der Waals surface area contributed by atoms with Crippen molar-refractivity contribution in [1.29, 1.82) is 0 Å². The molecular weight excluding hydrogens is 396 g/mol. The van der Waals surface area contributed by atoms with Gasteiger partial charge < -0.3 is 19.1 Å². The lowest BCUT2D eigenvalue weighted by Crippen LogP contribution is -2.70. The third kappa shape index (κ3) is 3.83. The van der Waals surface area contributed by atoms with Gasteiger partial charge >= 0.3 is 0 Å². The van der Waals surface area contributed by atoms with E-state index in [-0.39, 0.29) is 28.8 Å². The quantitative estimate of drug-likeness (QED) is 0.618. The van der Waals surface area contributed by atoms with E-state index in [1.54, 1.807) is 19.2 Å². The highest BCUT2D eigenvalue weighted by molar-refractivity contribution is 7.89. The summed E-state index contributed by atoms with van der Waals surface area (Å²) in [6, 6.07) is 4.86. The molecule has 162 valence electrons. The molecule has 3 rings (SSSR count). The number of β-lactam (4-membered cyclic amide) rings is 1. The Kier molecular flexibility index (Phi) is 6.40. The van der Waals surface area contributed by atoms with Gasteiger partial charge in [0.25, 0.3) is 5.91 Å². The van der Waals surface area contributed by atoms with Crippen LogP contribution in [0.1, 0.15) is 26.7 Å². The maximum absolute atomic E-state index is 13.2. The third-order valence-electron chi connectivity index (χ3n) is 5.91. The van der Waals surface area contributed by atoms with E-state index in [1.807, 2.05) is 18.7 Å². The molecule has 1 amide bonds. The molecule has 0 bridgehead atoms. The van der Waals surface area contributed by atoms with Crippen molar-refractivity contribution in [3.05, 3.63) is 18.2 Å².